The van der Waals surface area contributed by atoms with Gasteiger partial charge in [0, 0.05) is 27.2 Å². The number of halogens is 1. The number of benzene rings is 4. The SMILES string of the molecule is CC(Sc1cccc(NC(=O)c2cccc3cccc(C(=O)O)c23)c1)C(=O)Nc1ccc(Cl)c(C(=O)O)c1. The maximum atomic E-state index is 13.1. The van der Waals surface area contributed by atoms with Gasteiger partial charge in [0.25, 0.3) is 5.91 Å². The smallest absolute Gasteiger partial charge is 0.337 e. The number of nitrogens with one attached hydrogen (secondary N) is 2. The molecule has 0 aromatic heterocycles. The lowest BCUT2D eigenvalue weighted by Gasteiger charge is -2.14. The summed E-state index contributed by atoms with van der Waals surface area (Å²) < 4.78 is 0. The molecule has 4 N–H and O–H groups in total. The van der Waals surface area contributed by atoms with Gasteiger partial charge in [-0.2, -0.15) is 0 Å². The van der Waals surface area contributed by atoms with Crippen molar-refractivity contribution in [2.24, 2.45) is 0 Å². The number of amides is 2. The predicted molar refractivity (Wildman–Crippen MR) is 148 cm³/mol. The number of fused-ring (bicyclic) bond motifs is 1. The average Bonchev–Trinajstić information content (AvgIpc) is 2.88. The monoisotopic (exact) mass is 548 g/mol. The number of carbonyl (C=O) groups excluding carboxylic acids is 2. The quantitative estimate of drug-likeness (QED) is 0.191. The molecule has 192 valence electrons. The minimum atomic E-state index is -1.20. The highest BCUT2D eigenvalue weighted by atomic mass is 35.5. The molecule has 0 saturated carbocycles. The summed E-state index contributed by atoms with van der Waals surface area (Å²) in [6.07, 6.45) is 0. The maximum Gasteiger partial charge on any atom is 0.337 e. The first-order valence-corrected chi connectivity index (χ1v) is 12.6. The standard InChI is InChI=1S/C28H21ClN2O6S/c1-15(25(32)30-18-11-12-23(29)22(14-18)28(36)37)38-19-8-4-7-17(13-19)31-26(33)20-9-2-5-16-6-3-10-21(24(16)20)27(34)35/h2-15H,1H3,(H,30,32)(H,31,33)(H,34,35)(H,36,37). The molecule has 0 heterocycles. The minimum Gasteiger partial charge on any atom is -0.478 e. The van der Waals surface area contributed by atoms with Gasteiger partial charge in [0.2, 0.25) is 5.91 Å². The van der Waals surface area contributed by atoms with Crippen molar-refractivity contribution in [2.75, 3.05) is 10.6 Å². The van der Waals surface area contributed by atoms with Gasteiger partial charge in [0.15, 0.2) is 0 Å². The van der Waals surface area contributed by atoms with Crippen LogP contribution in [0.25, 0.3) is 10.8 Å². The van der Waals surface area contributed by atoms with Crippen LogP contribution in [0.5, 0.6) is 0 Å². The molecule has 1 unspecified atom stereocenters. The number of aromatic carboxylic acids is 2. The van der Waals surface area contributed by atoms with Crippen molar-refractivity contribution in [3.63, 3.8) is 0 Å². The third kappa shape index (κ3) is 5.96. The van der Waals surface area contributed by atoms with Gasteiger partial charge in [-0.3, -0.25) is 9.59 Å². The van der Waals surface area contributed by atoms with Crippen molar-refractivity contribution in [3.05, 3.63) is 101 Å². The van der Waals surface area contributed by atoms with E-state index in [1.807, 2.05) is 0 Å². The molecule has 4 aromatic carbocycles. The zero-order valence-electron chi connectivity index (χ0n) is 19.9. The molecule has 0 spiro atoms. The molecule has 2 amide bonds. The molecule has 0 aliphatic rings. The highest BCUT2D eigenvalue weighted by Gasteiger charge is 2.19. The van der Waals surface area contributed by atoms with Gasteiger partial charge in [-0.1, -0.05) is 41.9 Å². The summed E-state index contributed by atoms with van der Waals surface area (Å²) in [5.74, 6) is -3.14. The number of rotatable bonds is 8. The maximum absolute atomic E-state index is 13.1. The fourth-order valence-electron chi connectivity index (χ4n) is 3.82. The Kier molecular flexibility index (Phi) is 7.99. The highest BCUT2D eigenvalue weighted by Crippen LogP contribution is 2.29. The lowest BCUT2D eigenvalue weighted by atomic mass is 9.98. The first kappa shape index (κ1) is 26.7. The van der Waals surface area contributed by atoms with E-state index >= 15 is 0 Å². The van der Waals surface area contributed by atoms with Gasteiger partial charge in [-0.15, -0.1) is 11.8 Å². The van der Waals surface area contributed by atoms with Crippen LogP contribution in [0.15, 0.2) is 83.8 Å². The van der Waals surface area contributed by atoms with Crippen LogP contribution in [-0.2, 0) is 4.79 Å². The zero-order chi connectivity index (χ0) is 27.4. The molecular formula is C28H21ClN2O6S. The number of thioether (sulfide) groups is 1. The summed E-state index contributed by atoms with van der Waals surface area (Å²) in [4.78, 5) is 49.6. The number of hydrogen-bond acceptors (Lipinski definition) is 5. The molecule has 1 atom stereocenters. The zero-order valence-corrected chi connectivity index (χ0v) is 21.5. The third-order valence-corrected chi connectivity index (χ3v) is 7.04. The van der Waals surface area contributed by atoms with E-state index in [1.165, 1.54) is 36.0 Å². The molecule has 0 radical (unpaired) electrons. The second kappa shape index (κ2) is 11.4. The summed E-state index contributed by atoms with van der Waals surface area (Å²) in [6, 6.07) is 21.0. The number of hydrogen-bond donors (Lipinski definition) is 4. The van der Waals surface area contributed by atoms with Crippen molar-refractivity contribution in [1.29, 1.82) is 0 Å². The molecular weight excluding hydrogens is 528 g/mol. The molecule has 38 heavy (non-hydrogen) atoms. The van der Waals surface area contributed by atoms with Crippen LogP contribution >= 0.6 is 23.4 Å². The molecule has 0 bridgehead atoms. The highest BCUT2D eigenvalue weighted by molar-refractivity contribution is 8.00. The van der Waals surface area contributed by atoms with Crippen molar-refractivity contribution < 1.29 is 29.4 Å². The van der Waals surface area contributed by atoms with Crippen LogP contribution in [-0.4, -0.2) is 39.2 Å². The second-order valence-corrected chi connectivity index (χ2v) is 10.1. The summed E-state index contributed by atoms with van der Waals surface area (Å²) in [7, 11) is 0. The van der Waals surface area contributed by atoms with E-state index in [0.29, 0.717) is 27.0 Å². The van der Waals surface area contributed by atoms with Crippen LogP contribution in [0.4, 0.5) is 11.4 Å². The Labute approximate surface area is 226 Å². The van der Waals surface area contributed by atoms with Crippen molar-refractivity contribution in [3.8, 4) is 0 Å². The van der Waals surface area contributed by atoms with Crippen molar-refractivity contribution >= 4 is 69.3 Å². The van der Waals surface area contributed by atoms with E-state index in [2.05, 4.69) is 10.6 Å². The normalized spacial score (nSPS) is 11.5. The van der Waals surface area contributed by atoms with Gasteiger partial charge in [0.05, 0.1) is 21.4 Å². The molecule has 10 heteroatoms. The molecule has 4 aromatic rings. The topological polar surface area (TPSA) is 133 Å². The van der Waals surface area contributed by atoms with E-state index in [1.54, 1.807) is 61.5 Å². The van der Waals surface area contributed by atoms with Gasteiger partial charge in [0.1, 0.15) is 0 Å². The second-order valence-electron chi connectivity index (χ2n) is 8.25. The minimum absolute atomic E-state index is 0.0357. The van der Waals surface area contributed by atoms with Crippen LogP contribution in [0.3, 0.4) is 0 Å². The van der Waals surface area contributed by atoms with Crippen LogP contribution in [0.2, 0.25) is 5.02 Å². The Morgan fingerprint density at radius 3 is 2.08 bits per heavy atom. The summed E-state index contributed by atoms with van der Waals surface area (Å²) >= 11 is 7.13. The van der Waals surface area contributed by atoms with Crippen LogP contribution < -0.4 is 10.6 Å². The number of carboxylic acid groups (broad SMARTS) is 2. The van der Waals surface area contributed by atoms with Crippen molar-refractivity contribution in [2.45, 2.75) is 17.1 Å². The Bertz CT molecular complexity index is 1580. The molecule has 8 nitrogen and oxygen atoms in total. The van der Waals surface area contributed by atoms with Gasteiger partial charge in [-0.25, -0.2) is 9.59 Å². The number of carbonyl (C=O) groups is 4. The summed E-state index contributed by atoms with van der Waals surface area (Å²) in [5.41, 5.74) is 0.931. The molecule has 4 rings (SSSR count). The summed E-state index contributed by atoms with van der Waals surface area (Å²) in [5, 5.41) is 24.8. The average molecular weight is 549 g/mol. The number of anilines is 2. The summed E-state index contributed by atoms with van der Waals surface area (Å²) in [6.45, 7) is 1.70. The van der Waals surface area contributed by atoms with Crippen LogP contribution in [0.1, 0.15) is 38.0 Å². The van der Waals surface area contributed by atoms with E-state index in [4.69, 9.17) is 11.6 Å². The molecule has 0 aliphatic carbocycles. The Hall–Kier alpha value is -4.34. The fourth-order valence-corrected chi connectivity index (χ4v) is 4.95. The van der Waals surface area contributed by atoms with E-state index in [9.17, 15) is 29.4 Å². The molecule has 0 saturated heterocycles. The van der Waals surface area contributed by atoms with E-state index < -0.39 is 23.1 Å². The predicted octanol–water partition coefficient (Wildman–Crippen LogP) is 6.26. The third-order valence-electron chi connectivity index (χ3n) is 5.62. The fraction of sp³-hybridized carbons (Fsp3) is 0.0714. The first-order chi connectivity index (χ1) is 18.1. The lowest BCUT2D eigenvalue weighted by molar-refractivity contribution is -0.115. The van der Waals surface area contributed by atoms with Gasteiger partial charge in [-0.05, 0) is 60.8 Å². The van der Waals surface area contributed by atoms with Crippen LogP contribution in [0, 0.1) is 0 Å². The first-order valence-electron chi connectivity index (χ1n) is 11.3. The Morgan fingerprint density at radius 2 is 1.39 bits per heavy atom. The Morgan fingerprint density at radius 1 is 0.763 bits per heavy atom. The largest absolute Gasteiger partial charge is 0.478 e. The lowest BCUT2D eigenvalue weighted by Crippen LogP contribution is -2.22. The van der Waals surface area contributed by atoms with Gasteiger partial charge >= 0.3 is 11.9 Å². The number of carboxylic acids is 2. The Balaban J connectivity index is 1.48. The van der Waals surface area contributed by atoms with E-state index in [-0.39, 0.29) is 27.6 Å². The molecule has 0 aliphatic heterocycles. The molecule has 0 fully saturated rings. The van der Waals surface area contributed by atoms with E-state index in [0.717, 1.165) is 0 Å². The van der Waals surface area contributed by atoms with Crippen molar-refractivity contribution in [1.82, 2.24) is 0 Å². The van der Waals surface area contributed by atoms with Gasteiger partial charge < -0.3 is 20.8 Å².